The molecule has 0 amide bonds. The first-order valence-electron chi connectivity index (χ1n) is 7.16. The van der Waals surface area contributed by atoms with Crippen molar-refractivity contribution in [2.45, 2.75) is 19.8 Å². The lowest BCUT2D eigenvalue weighted by molar-refractivity contribution is 0.365. The van der Waals surface area contributed by atoms with Crippen molar-refractivity contribution in [2.75, 3.05) is 29.5 Å². The number of anilines is 3. The molecule has 4 N–H and O–H groups in total. The van der Waals surface area contributed by atoms with E-state index in [0.29, 0.717) is 11.7 Å². The molecule has 0 aliphatic carbocycles. The quantitative estimate of drug-likeness (QED) is 0.883. The molecule has 1 saturated heterocycles. The zero-order chi connectivity index (χ0) is 15.0. The topological polar surface area (TPSA) is 81.1 Å². The predicted molar refractivity (Wildman–Crippen MR) is 86.0 cm³/mol. The Morgan fingerprint density at radius 3 is 2.52 bits per heavy atom. The summed E-state index contributed by atoms with van der Waals surface area (Å²) in [7, 11) is 0. The largest absolute Gasteiger partial charge is 0.383 e. The van der Waals surface area contributed by atoms with Gasteiger partial charge in [0.15, 0.2) is 0 Å². The van der Waals surface area contributed by atoms with Crippen molar-refractivity contribution in [3.05, 3.63) is 42.0 Å². The first kappa shape index (κ1) is 13.7. The van der Waals surface area contributed by atoms with E-state index in [2.05, 4.69) is 59.0 Å². The van der Waals surface area contributed by atoms with E-state index in [1.165, 1.54) is 5.56 Å². The van der Waals surface area contributed by atoms with Crippen LogP contribution >= 0.6 is 0 Å². The molecule has 110 valence electrons. The molecule has 0 radical (unpaired) electrons. The summed E-state index contributed by atoms with van der Waals surface area (Å²) in [4.78, 5) is 10.5. The van der Waals surface area contributed by atoms with E-state index in [9.17, 15) is 0 Å². The lowest BCUT2D eigenvalue weighted by Gasteiger charge is -2.25. The third-order valence-corrected chi connectivity index (χ3v) is 4.22. The zero-order valence-electron chi connectivity index (χ0n) is 12.5. The minimum atomic E-state index is 0.163. The van der Waals surface area contributed by atoms with Crippen LogP contribution in [0.25, 0.3) is 0 Å². The molecule has 0 spiro atoms. The minimum Gasteiger partial charge on any atom is -0.383 e. The minimum absolute atomic E-state index is 0.163. The Kier molecular flexibility index (Phi) is 3.20. The van der Waals surface area contributed by atoms with Gasteiger partial charge in [0.1, 0.15) is 11.6 Å². The number of rotatable bonds is 2. The van der Waals surface area contributed by atoms with Gasteiger partial charge in [-0.25, -0.2) is 0 Å². The number of nitrogens with two attached hydrogens (primary N) is 2. The number of benzene rings is 1. The van der Waals surface area contributed by atoms with Crippen LogP contribution in [0.5, 0.6) is 0 Å². The van der Waals surface area contributed by atoms with Crippen molar-refractivity contribution in [1.82, 2.24) is 9.97 Å². The molecule has 0 unspecified atom stereocenters. The van der Waals surface area contributed by atoms with Crippen LogP contribution in [0.15, 0.2) is 36.4 Å². The molecule has 1 aromatic carbocycles. The Balaban J connectivity index is 1.91. The fourth-order valence-electron chi connectivity index (χ4n) is 3.18. The molecule has 2 heterocycles. The molecule has 5 heteroatoms. The van der Waals surface area contributed by atoms with Crippen LogP contribution in [0.3, 0.4) is 0 Å². The summed E-state index contributed by atoms with van der Waals surface area (Å²) in [6.07, 6.45) is 0. The van der Waals surface area contributed by atoms with Crippen LogP contribution < -0.4 is 16.4 Å². The van der Waals surface area contributed by atoms with Crippen LogP contribution in [0, 0.1) is 5.41 Å². The van der Waals surface area contributed by atoms with E-state index < -0.39 is 0 Å². The first-order valence-corrected chi connectivity index (χ1v) is 7.16. The first-order chi connectivity index (χ1) is 9.95. The smallest absolute Gasteiger partial charge is 0.223 e. The summed E-state index contributed by atoms with van der Waals surface area (Å²) >= 11 is 0. The Bertz CT molecular complexity index is 618. The summed E-state index contributed by atoms with van der Waals surface area (Å²) in [6, 6.07) is 12.4. The fourth-order valence-corrected chi connectivity index (χ4v) is 3.18. The lowest BCUT2D eigenvalue weighted by atomic mass is 9.78. The highest BCUT2D eigenvalue weighted by Crippen LogP contribution is 2.43. The summed E-state index contributed by atoms with van der Waals surface area (Å²) in [5.74, 6) is 1.91. The summed E-state index contributed by atoms with van der Waals surface area (Å²) < 4.78 is 0. The van der Waals surface area contributed by atoms with E-state index in [-0.39, 0.29) is 11.4 Å². The molecular formula is C16H21N5. The number of hydrogen-bond donors (Lipinski definition) is 2. The van der Waals surface area contributed by atoms with Crippen LogP contribution in [0.4, 0.5) is 17.6 Å². The highest BCUT2D eigenvalue weighted by atomic mass is 15.2. The second-order valence-corrected chi connectivity index (χ2v) is 6.34. The van der Waals surface area contributed by atoms with Crippen molar-refractivity contribution in [1.29, 1.82) is 0 Å². The molecule has 1 fully saturated rings. The van der Waals surface area contributed by atoms with E-state index in [1.54, 1.807) is 6.07 Å². The Labute approximate surface area is 125 Å². The molecule has 0 saturated carbocycles. The summed E-state index contributed by atoms with van der Waals surface area (Å²) in [5, 5.41) is 0. The molecule has 3 rings (SSSR count). The highest BCUT2D eigenvalue weighted by molar-refractivity contribution is 5.52. The SMILES string of the molecule is CC1(C)CN(c2cc(N)nc(N)n2)C[C@@H]1c1ccccc1. The maximum atomic E-state index is 5.78. The molecule has 21 heavy (non-hydrogen) atoms. The van der Waals surface area contributed by atoms with Gasteiger partial charge in [-0.05, 0) is 11.0 Å². The Hall–Kier alpha value is -2.30. The molecule has 1 atom stereocenters. The second kappa shape index (κ2) is 4.91. The Morgan fingerprint density at radius 1 is 1.14 bits per heavy atom. The molecule has 0 bridgehead atoms. The average molecular weight is 283 g/mol. The third kappa shape index (κ3) is 2.63. The number of nitrogens with zero attached hydrogens (tertiary/aromatic N) is 3. The normalized spacial score (nSPS) is 20.7. The van der Waals surface area contributed by atoms with Crippen LogP contribution in [0.2, 0.25) is 0 Å². The highest BCUT2D eigenvalue weighted by Gasteiger charge is 2.40. The van der Waals surface area contributed by atoms with Crippen molar-refractivity contribution < 1.29 is 0 Å². The van der Waals surface area contributed by atoms with Crippen LogP contribution in [0.1, 0.15) is 25.3 Å². The van der Waals surface area contributed by atoms with E-state index in [0.717, 1.165) is 18.9 Å². The predicted octanol–water partition coefficient (Wildman–Crippen LogP) is 2.27. The van der Waals surface area contributed by atoms with Crippen molar-refractivity contribution in [2.24, 2.45) is 5.41 Å². The zero-order valence-corrected chi connectivity index (χ0v) is 12.5. The van der Waals surface area contributed by atoms with E-state index >= 15 is 0 Å². The van der Waals surface area contributed by atoms with Crippen molar-refractivity contribution in [3.63, 3.8) is 0 Å². The van der Waals surface area contributed by atoms with Crippen molar-refractivity contribution in [3.8, 4) is 0 Å². The maximum absolute atomic E-state index is 5.78. The molecule has 1 aromatic heterocycles. The van der Waals surface area contributed by atoms with Crippen LogP contribution in [-0.4, -0.2) is 23.1 Å². The van der Waals surface area contributed by atoms with Gasteiger partial charge in [0.05, 0.1) is 0 Å². The number of nitrogen functional groups attached to an aromatic ring is 2. The van der Waals surface area contributed by atoms with Gasteiger partial charge < -0.3 is 16.4 Å². The number of hydrogen-bond acceptors (Lipinski definition) is 5. The van der Waals surface area contributed by atoms with Gasteiger partial charge in [0.25, 0.3) is 0 Å². The molecular weight excluding hydrogens is 262 g/mol. The molecule has 5 nitrogen and oxygen atoms in total. The van der Waals surface area contributed by atoms with Gasteiger partial charge in [-0.1, -0.05) is 44.2 Å². The molecule has 1 aliphatic heterocycles. The number of aromatic nitrogens is 2. The summed E-state index contributed by atoms with van der Waals surface area (Å²) in [5.41, 5.74) is 13.0. The van der Waals surface area contributed by atoms with Gasteiger partial charge >= 0.3 is 0 Å². The molecule has 1 aliphatic rings. The Morgan fingerprint density at radius 2 is 1.86 bits per heavy atom. The van der Waals surface area contributed by atoms with Gasteiger partial charge in [-0.15, -0.1) is 0 Å². The van der Waals surface area contributed by atoms with E-state index in [1.807, 2.05) is 0 Å². The van der Waals surface area contributed by atoms with Crippen LogP contribution in [-0.2, 0) is 0 Å². The van der Waals surface area contributed by atoms with Crippen molar-refractivity contribution >= 4 is 17.6 Å². The van der Waals surface area contributed by atoms with Gasteiger partial charge in [0.2, 0.25) is 5.95 Å². The second-order valence-electron chi connectivity index (χ2n) is 6.34. The van der Waals surface area contributed by atoms with Gasteiger partial charge in [-0.2, -0.15) is 9.97 Å². The average Bonchev–Trinajstić information content (AvgIpc) is 2.74. The monoisotopic (exact) mass is 283 g/mol. The van der Waals surface area contributed by atoms with Gasteiger partial charge in [0, 0.05) is 25.1 Å². The molecule has 2 aromatic rings. The van der Waals surface area contributed by atoms with Gasteiger partial charge in [-0.3, -0.25) is 0 Å². The fraction of sp³-hybridized carbons (Fsp3) is 0.375. The maximum Gasteiger partial charge on any atom is 0.223 e. The third-order valence-electron chi connectivity index (χ3n) is 4.22. The standard InChI is InChI=1S/C16H21N5/c1-16(2)10-21(14-8-13(17)19-15(18)20-14)9-12(16)11-6-4-3-5-7-11/h3-8,12H,9-10H2,1-2H3,(H4,17,18,19,20)/t12-/m1/s1. The van der Waals surface area contributed by atoms with E-state index in [4.69, 9.17) is 11.5 Å². The lowest BCUT2D eigenvalue weighted by Crippen LogP contribution is -2.24. The summed E-state index contributed by atoms with van der Waals surface area (Å²) in [6.45, 7) is 6.41.